The van der Waals surface area contributed by atoms with E-state index in [1.807, 2.05) is 29.2 Å². The number of nitrogens with zero attached hydrogens (tertiary/aromatic N) is 2. The predicted molar refractivity (Wildman–Crippen MR) is 138 cm³/mol. The number of carbonyl (C=O) groups excluding carboxylic acids is 2. The molecule has 8 heteroatoms. The molecule has 1 heterocycles. The monoisotopic (exact) mass is 496 g/mol. The van der Waals surface area contributed by atoms with Crippen molar-refractivity contribution in [2.24, 2.45) is 5.73 Å². The van der Waals surface area contributed by atoms with E-state index >= 15 is 0 Å². The minimum atomic E-state index is -0.283. The Bertz CT molecular complexity index is 1340. The summed E-state index contributed by atoms with van der Waals surface area (Å²) in [6.45, 7) is 0.473. The van der Waals surface area contributed by atoms with Crippen LogP contribution in [0, 0.1) is 11.3 Å². The van der Waals surface area contributed by atoms with E-state index < -0.39 is 0 Å². The molecule has 37 heavy (non-hydrogen) atoms. The minimum Gasteiger partial charge on any atom is -0.454 e. The van der Waals surface area contributed by atoms with Gasteiger partial charge in [0.25, 0.3) is 11.8 Å². The average molecular weight is 497 g/mol. The van der Waals surface area contributed by atoms with Crippen LogP contribution in [0.1, 0.15) is 57.5 Å². The van der Waals surface area contributed by atoms with E-state index in [9.17, 15) is 9.59 Å². The normalized spacial score (nSPS) is 18.1. The highest BCUT2D eigenvalue weighted by atomic mass is 16.7. The van der Waals surface area contributed by atoms with Gasteiger partial charge in [-0.3, -0.25) is 9.59 Å². The van der Waals surface area contributed by atoms with Gasteiger partial charge in [0.05, 0.1) is 11.6 Å². The first-order chi connectivity index (χ1) is 18.0. The Kier molecular flexibility index (Phi) is 7.06. The predicted octanol–water partition coefficient (Wildman–Crippen LogP) is 4.45. The first-order valence-electron chi connectivity index (χ1n) is 12.4. The van der Waals surface area contributed by atoms with Gasteiger partial charge in [-0.2, -0.15) is 5.26 Å². The van der Waals surface area contributed by atoms with Gasteiger partial charge in [0, 0.05) is 35.4 Å². The third-order valence-electron chi connectivity index (χ3n) is 6.94. The summed E-state index contributed by atoms with van der Waals surface area (Å²) >= 11 is 0. The fraction of sp³-hybridized carbons (Fsp3) is 0.276. The Morgan fingerprint density at radius 2 is 1.65 bits per heavy atom. The zero-order valence-electron chi connectivity index (χ0n) is 20.4. The largest absolute Gasteiger partial charge is 0.454 e. The molecule has 8 nitrogen and oxygen atoms in total. The molecule has 3 aromatic carbocycles. The summed E-state index contributed by atoms with van der Waals surface area (Å²) < 4.78 is 10.9. The van der Waals surface area contributed by atoms with Crippen LogP contribution in [0.3, 0.4) is 0 Å². The molecular weight excluding hydrogens is 468 g/mol. The Morgan fingerprint density at radius 3 is 2.41 bits per heavy atom. The van der Waals surface area contributed by atoms with Crippen LogP contribution in [0.5, 0.6) is 11.5 Å². The van der Waals surface area contributed by atoms with Crippen LogP contribution in [0.15, 0.2) is 66.7 Å². The third-order valence-corrected chi connectivity index (χ3v) is 6.94. The van der Waals surface area contributed by atoms with Crippen molar-refractivity contribution >= 4 is 17.5 Å². The van der Waals surface area contributed by atoms with Gasteiger partial charge in [-0.15, -0.1) is 0 Å². The topological polar surface area (TPSA) is 118 Å². The van der Waals surface area contributed by atoms with Crippen LogP contribution >= 0.6 is 0 Å². The second-order valence-electron chi connectivity index (χ2n) is 9.37. The van der Waals surface area contributed by atoms with E-state index in [4.69, 9.17) is 20.5 Å². The smallest absolute Gasteiger partial charge is 0.255 e. The molecule has 5 rings (SSSR count). The lowest BCUT2D eigenvalue weighted by atomic mass is 9.90. The summed E-state index contributed by atoms with van der Waals surface area (Å²) in [5.41, 5.74) is 9.07. The molecule has 1 aliphatic carbocycles. The number of nitrogens with two attached hydrogens (primary N) is 1. The quantitative estimate of drug-likeness (QED) is 0.521. The molecule has 188 valence electrons. The SMILES string of the molecule is N#Cc1ccc(C(=O)Nc2ccccc2CN(C(=O)c2ccc3c(c2)OCO3)C2CCC(N)CC2)cc1. The molecule has 0 spiro atoms. The van der Waals surface area contributed by atoms with Gasteiger partial charge in [0.15, 0.2) is 11.5 Å². The summed E-state index contributed by atoms with van der Waals surface area (Å²) in [7, 11) is 0. The fourth-order valence-electron chi connectivity index (χ4n) is 4.83. The van der Waals surface area contributed by atoms with E-state index in [1.165, 1.54) is 0 Å². The highest BCUT2D eigenvalue weighted by molar-refractivity contribution is 6.04. The first-order valence-corrected chi connectivity index (χ1v) is 12.4. The lowest BCUT2D eigenvalue weighted by Gasteiger charge is -2.36. The van der Waals surface area contributed by atoms with E-state index in [2.05, 4.69) is 11.4 Å². The number of ether oxygens (including phenoxy) is 2. The van der Waals surface area contributed by atoms with Crippen molar-refractivity contribution < 1.29 is 19.1 Å². The number of rotatable bonds is 6. The summed E-state index contributed by atoms with van der Waals surface area (Å²) in [4.78, 5) is 28.7. The average Bonchev–Trinajstić information content (AvgIpc) is 3.41. The van der Waals surface area contributed by atoms with Crippen LogP contribution in [-0.2, 0) is 6.54 Å². The molecule has 0 aromatic heterocycles. The molecular formula is C29H28N4O4. The maximum atomic E-state index is 13.8. The van der Waals surface area contributed by atoms with Crippen LogP contribution in [-0.4, -0.2) is 35.6 Å². The van der Waals surface area contributed by atoms with E-state index in [1.54, 1.807) is 42.5 Å². The lowest BCUT2D eigenvalue weighted by molar-refractivity contribution is 0.0606. The van der Waals surface area contributed by atoms with Crippen molar-refractivity contribution in [1.82, 2.24) is 4.90 Å². The fourth-order valence-corrected chi connectivity index (χ4v) is 4.83. The summed E-state index contributed by atoms with van der Waals surface area (Å²) in [6.07, 6.45) is 3.34. The number of amides is 2. The highest BCUT2D eigenvalue weighted by Gasteiger charge is 2.30. The Balaban J connectivity index is 1.40. The zero-order chi connectivity index (χ0) is 25.8. The molecule has 0 unspecified atom stereocenters. The van der Waals surface area contributed by atoms with E-state index in [0.29, 0.717) is 40.4 Å². The molecule has 2 aliphatic rings. The zero-order valence-corrected chi connectivity index (χ0v) is 20.4. The molecule has 0 radical (unpaired) electrons. The van der Waals surface area contributed by atoms with Crippen LogP contribution in [0.4, 0.5) is 5.69 Å². The van der Waals surface area contributed by atoms with Crippen molar-refractivity contribution in [1.29, 1.82) is 5.26 Å². The molecule has 0 bridgehead atoms. The van der Waals surface area contributed by atoms with Crippen molar-refractivity contribution in [3.05, 3.63) is 89.0 Å². The Labute approximate surface area is 215 Å². The number of carbonyl (C=O) groups is 2. The summed E-state index contributed by atoms with van der Waals surface area (Å²) in [5, 5.41) is 12.0. The minimum absolute atomic E-state index is 0.0278. The van der Waals surface area contributed by atoms with Crippen molar-refractivity contribution in [2.75, 3.05) is 12.1 Å². The summed E-state index contributed by atoms with van der Waals surface area (Å²) in [5.74, 6) is 0.801. The van der Waals surface area contributed by atoms with Crippen molar-refractivity contribution in [3.8, 4) is 17.6 Å². The Hall–Kier alpha value is -4.35. The standard InChI is InChI=1S/C29H28N4O4/c30-16-19-5-7-20(8-6-19)28(34)32-25-4-2-1-3-22(25)17-33(24-12-10-23(31)11-13-24)29(35)21-9-14-26-27(15-21)37-18-36-26/h1-9,14-15,23-24H,10-13,17-18,31H2,(H,32,34). The molecule has 0 atom stereocenters. The molecule has 1 aliphatic heterocycles. The van der Waals surface area contributed by atoms with Crippen LogP contribution in [0.2, 0.25) is 0 Å². The number of benzene rings is 3. The summed E-state index contributed by atoms with van der Waals surface area (Å²) in [6, 6.07) is 21.4. The van der Waals surface area contributed by atoms with Gasteiger partial charge in [-0.25, -0.2) is 0 Å². The number of hydrogen-bond acceptors (Lipinski definition) is 6. The molecule has 0 saturated heterocycles. The molecule has 2 amide bonds. The number of hydrogen-bond donors (Lipinski definition) is 2. The maximum absolute atomic E-state index is 13.8. The van der Waals surface area contributed by atoms with Crippen molar-refractivity contribution in [2.45, 2.75) is 44.3 Å². The van der Waals surface area contributed by atoms with Gasteiger partial charge in [0.1, 0.15) is 0 Å². The number of para-hydroxylation sites is 1. The van der Waals surface area contributed by atoms with Gasteiger partial charge >= 0.3 is 0 Å². The van der Waals surface area contributed by atoms with Gasteiger partial charge in [-0.05, 0) is 79.8 Å². The van der Waals surface area contributed by atoms with Crippen LogP contribution < -0.4 is 20.5 Å². The van der Waals surface area contributed by atoms with E-state index in [0.717, 1.165) is 31.2 Å². The van der Waals surface area contributed by atoms with Gasteiger partial charge in [0.2, 0.25) is 6.79 Å². The molecule has 3 N–H and O–H groups in total. The van der Waals surface area contributed by atoms with Gasteiger partial charge < -0.3 is 25.4 Å². The third kappa shape index (κ3) is 5.42. The lowest BCUT2D eigenvalue weighted by Crippen LogP contribution is -2.44. The molecule has 1 saturated carbocycles. The van der Waals surface area contributed by atoms with Crippen LogP contribution in [0.25, 0.3) is 0 Å². The molecule has 1 fully saturated rings. The molecule has 3 aromatic rings. The maximum Gasteiger partial charge on any atom is 0.255 e. The van der Waals surface area contributed by atoms with Gasteiger partial charge in [-0.1, -0.05) is 18.2 Å². The second kappa shape index (κ2) is 10.7. The number of nitriles is 1. The highest BCUT2D eigenvalue weighted by Crippen LogP contribution is 2.34. The Morgan fingerprint density at radius 1 is 0.946 bits per heavy atom. The number of anilines is 1. The number of fused-ring (bicyclic) bond motifs is 1. The van der Waals surface area contributed by atoms with Crippen molar-refractivity contribution in [3.63, 3.8) is 0 Å². The first kappa shape index (κ1) is 24.3. The second-order valence-corrected chi connectivity index (χ2v) is 9.37. The number of nitrogens with one attached hydrogen (secondary N) is 1. The van der Waals surface area contributed by atoms with E-state index in [-0.39, 0.29) is 30.7 Å².